The van der Waals surface area contributed by atoms with Gasteiger partial charge in [0.2, 0.25) is 0 Å². The Morgan fingerprint density at radius 1 is 1.26 bits per heavy atom. The minimum Gasteiger partial charge on any atom is -0.493 e. The second-order valence-electron chi connectivity index (χ2n) is 6.25. The molecular weight excluding hydrogens is 368 g/mol. The first-order chi connectivity index (χ1) is 13.1. The number of amides is 2. The molecule has 2 aromatic rings. The van der Waals surface area contributed by atoms with Crippen LogP contribution in [0.3, 0.4) is 0 Å². The van der Waals surface area contributed by atoms with Crippen LogP contribution in [0.2, 0.25) is 5.02 Å². The van der Waals surface area contributed by atoms with Gasteiger partial charge in [0.25, 0.3) is 0 Å². The van der Waals surface area contributed by atoms with Gasteiger partial charge in [-0.05, 0) is 48.7 Å². The average Bonchev–Trinajstić information content (AvgIpc) is 3.18. The first kappa shape index (κ1) is 19.3. The monoisotopic (exact) mass is 390 g/mol. The molecule has 1 atom stereocenters. The molecule has 144 valence electrons. The molecular formula is C20H23ClN2O4. The van der Waals surface area contributed by atoms with Gasteiger partial charge in [0.1, 0.15) is 6.61 Å². The summed E-state index contributed by atoms with van der Waals surface area (Å²) in [7, 11) is 1.59. The van der Waals surface area contributed by atoms with Crippen molar-refractivity contribution in [2.24, 2.45) is 0 Å². The number of ether oxygens (including phenoxy) is 3. The molecule has 2 amide bonds. The summed E-state index contributed by atoms with van der Waals surface area (Å²) in [5.74, 6) is 1.29. The van der Waals surface area contributed by atoms with Gasteiger partial charge in [0.05, 0.1) is 13.2 Å². The highest BCUT2D eigenvalue weighted by Crippen LogP contribution is 2.29. The fourth-order valence-corrected chi connectivity index (χ4v) is 3.01. The maximum atomic E-state index is 12.0. The zero-order valence-corrected chi connectivity index (χ0v) is 15.9. The quantitative estimate of drug-likeness (QED) is 0.742. The molecule has 27 heavy (non-hydrogen) atoms. The average molecular weight is 391 g/mol. The van der Waals surface area contributed by atoms with Crippen molar-refractivity contribution in [2.75, 3.05) is 25.6 Å². The fraction of sp³-hybridized carbons (Fsp3) is 0.350. The van der Waals surface area contributed by atoms with Crippen LogP contribution in [-0.4, -0.2) is 32.5 Å². The van der Waals surface area contributed by atoms with Crippen molar-refractivity contribution in [3.63, 3.8) is 0 Å². The van der Waals surface area contributed by atoms with Crippen molar-refractivity contribution in [3.05, 3.63) is 53.1 Å². The summed E-state index contributed by atoms with van der Waals surface area (Å²) in [5, 5.41) is 6.11. The molecule has 2 N–H and O–H groups in total. The maximum absolute atomic E-state index is 12.0. The Balaban J connectivity index is 1.52. The predicted molar refractivity (Wildman–Crippen MR) is 105 cm³/mol. The van der Waals surface area contributed by atoms with Crippen LogP contribution in [0, 0.1) is 0 Å². The molecule has 1 fully saturated rings. The SMILES string of the molecule is COc1cc(CNC(=O)Nc2cccc(Cl)c2)ccc1OC[C@@H]1CCCO1. The highest BCUT2D eigenvalue weighted by Gasteiger charge is 2.17. The highest BCUT2D eigenvalue weighted by molar-refractivity contribution is 6.30. The number of halogens is 1. The molecule has 0 bridgehead atoms. The number of anilines is 1. The summed E-state index contributed by atoms with van der Waals surface area (Å²) in [6.07, 6.45) is 2.24. The molecule has 6 nitrogen and oxygen atoms in total. The van der Waals surface area contributed by atoms with Crippen LogP contribution < -0.4 is 20.1 Å². The molecule has 0 aromatic heterocycles. The molecule has 2 aromatic carbocycles. The van der Waals surface area contributed by atoms with Crippen molar-refractivity contribution in [3.8, 4) is 11.5 Å². The summed E-state index contributed by atoms with van der Waals surface area (Å²) in [6, 6.07) is 12.3. The largest absolute Gasteiger partial charge is 0.493 e. The van der Waals surface area contributed by atoms with Crippen LogP contribution >= 0.6 is 11.6 Å². The summed E-state index contributed by atoms with van der Waals surface area (Å²) in [5.41, 5.74) is 1.54. The molecule has 0 unspecified atom stereocenters. The van der Waals surface area contributed by atoms with Crippen molar-refractivity contribution < 1.29 is 19.0 Å². The van der Waals surface area contributed by atoms with Gasteiger partial charge < -0.3 is 24.8 Å². The Morgan fingerprint density at radius 2 is 2.15 bits per heavy atom. The van der Waals surface area contributed by atoms with Crippen molar-refractivity contribution in [1.82, 2.24) is 5.32 Å². The van der Waals surface area contributed by atoms with Crippen LogP contribution in [-0.2, 0) is 11.3 Å². The summed E-state index contributed by atoms with van der Waals surface area (Å²) < 4.78 is 16.8. The molecule has 1 aliphatic rings. The second kappa shape index (κ2) is 9.48. The lowest BCUT2D eigenvalue weighted by atomic mass is 10.2. The van der Waals surface area contributed by atoms with E-state index in [9.17, 15) is 4.79 Å². The van der Waals surface area contributed by atoms with Crippen LogP contribution in [0.25, 0.3) is 0 Å². The smallest absolute Gasteiger partial charge is 0.319 e. The van der Waals surface area contributed by atoms with Crippen molar-refractivity contribution in [1.29, 1.82) is 0 Å². The number of hydrogen-bond acceptors (Lipinski definition) is 4. The number of carbonyl (C=O) groups is 1. The number of methoxy groups -OCH3 is 1. The number of urea groups is 1. The third kappa shape index (κ3) is 5.77. The number of carbonyl (C=O) groups excluding carboxylic acids is 1. The van der Waals surface area contributed by atoms with E-state index in [2.05, 4.69) is 10.6 Å². The van der Waals surface area contributed by atoms with Gasteiger partial charge in [0, 0.05) is 23.9 Å². The third-order valence-corrected chi connectivity index (χ3v) is 4.45. The van der Waals surface area contributed by atoms with Gasteiger partial charge in [0.15, 0.2) is 11.5 Å². The zero-order valence-electron chi connectivity index (χ0n) is 15.2. The minimum atomic E-state index is -0.310. The van der Waals surface area contributed by atoms with E-state index >= 15 is 0 Å². The molecule has 1 aliphatic heterocycles. The number of hydrogen-bond donors (Lipinski definition) is 2. The lowest BCUT2D eigenvalue weighted by molar-refractivity contribution is 0.0669. The fourth-order valence-electron chi connectivity index (χ4n) is 2.82. The van der Waals surface area contributed by atoms with E-state index in [0.717, 1.165) is 25.0 Å². The Hall–Kier alpha value is -2.44. The number of benzene rings is 2. The Morgan fingerprint density at radius 3 is 2.89 bits per heavy atom. The molecule has 7 heteroatoms. The van der Waals surface area contributed by atoms with E-state index in [-0.39, 0.29) is 12.1 Å². The second-order valence-corrected chi connectivity index (χ2v) is 6.69. The predicted octanol–water partition coefficient (Wildman–Crippen LogP) is 4.23. The zero-order chi connectivity index (χ0) is 19.1. The van der Waals surface area contributed by atoms with E-state index in [1.807, 2.05) is 18.2 Å². The van der Waals surface area contributed by atoms with Crippen LogP contribution in [0.4, 0.5) is 10.5 Å². The van der Waals surface area contributed by atoms with E-state index in [0.29, 0.717) is 35.4 Å². The molecule has 1 heterocycles. The topological polar surface area (TPSA) is 68.8 Å². The maximum Gasteiger partial charge on any atom is 0.319 e. The summed E-state index contributed by atoms with van der Waals surface area (Å²) in [4.78, 5) is 12.0. The van der Waals surface area contributed by atoms with Crippen molar-refractivity contribution >= 4 is 23.3 Å². The van der Waals surface area contributed by atoms with Crippen LogP contribution in [0.15, 0.2) is 42.5 Å². The first-order valence-electron chi connectivity index (χ1n) is 8.86. The number of rotatable bonds is 7. The molecule has 0 radical (unpaired) electrons. The van der Waals surface area contributed by atoms with Gasteiger partial charge >= 0.3 is 6.03 Å². The van der Waals surface area contributed by atoms with Gasteiger partial charge in [-0.1, -0.05) is 23.7 Å². The van der Waals surface area contributed by atoms with Crippen LogP contribution in [0.5, 0.6) is 11.5 Å². The molecule has 0 saturated carbocycles. The first-order valence-corrected chi connectivity index (χ1v) is 9.23. The molecule has 0 spiro atoms. The Kier molecular flexibility index (Phi) is 6.79. The number of nitrogens with one attached hydrogen (secondary N) is 2. The van der Waals surface area contributed by atoms with E-state index in [1.54, 1.807) is 31.4 Å². The summed E-state index contributed by atoms with van der Waals surface area (Å²) >= 11 is 5.91. The van der Waals surface area contributed by atoms with Crippen molar-refractivity contribution in [2.45, 2.75) is 25.5 Å². The lowest BCUT2D eigenvalue weighted by Crippen LogP contribution is -2.28. The van der Waals surface area contributed by atoms with Gasteiger partial charge in [-0.15, -0.1) is 0 Å². The van der Waals surface area contributed by atoms with Crippen LogP contribution in [0.1, 0.15) is 18.4 Å². The highest BCUT2D eigenvalue weighted by atomic mass is 35.5. The van der Waals surface area contributed by atoms with Gasteiger partial charge in [-0.25, -0.2) is 4.79 Å². The standard InChI is InChI=1S/C20H23ClN2O4/c1-25-19-10-14(7-8-18(19)27-13-17-6-3-9-26-17)12-22-20(24)23-16-5-2-4-15(21)11-16/h2,4-5,7-8,10-11,17H,3,6,9,12-13H2,1H3,(H2,22,23,24)/t17-/m0/s1. The minimum absolute atomic E-state index is 0.145. The Bertz CT molecular complexity index is 778. The van der Waals surface area contributed by atoms with E-state index in [4.69, 9.17) is 25.8 Å². The molecule has 0 aliphatic carbocycles. The van der Waals surface area contributed by atoms with Gasteiger partial charge in [-0.2, -0.15) is 0 Å². The Labute approximate surface area is 163 Å². The molecule has 1 saturated heterocycles. The lowest BCUT2D eigenvalue weighted by Gasteiger charge is -2.15. The third-order valence-electron chi connectivity index (χ3n) is 4.21. The molecule has 3 rings (SSSR count). The normalized spacial score (nSPS) is 16.0. The summed E-state index contributed by atoms with van der Waals surface area (Å²) in [6.45, 7) is 1.66. The van der Waals surface area contributed by atoms with Gasteiger partial charge in [-0.3, -0.25) is 0 Å². The van der Waals surface area contributed by atoms with E-state index < -0.39 is 0 Å². The van der Waals surface area contributed by atoms with E-state index in [1.165, 1.54) is 0 Å².